The number of halogens is 2. The Morgan fingerprint density at radius 2 is 1.61 bits per heavy atom. The first-order valence-electron chi connectivity index (χ1n) is 8.04. The SMILES string of the molecule is COc1ccc(C(=O)OC(C)C)cc1NS(=O)(=O)c1ccc(OC)c(Cl)c1Cl. The number of hydrogen-bond acceptors (Lipinski definition) is 6. The lowest BCUT2D eigenvalue weighted by Crippen LogP contribution is -2.16. The van der Waals surface area contributed by atoms with Crippen LogP contribution in [0, 0.1) is 0 Å². The minimum Gasteiger partial charge on any atom is -0.495 e. The number of nitrogens with one attached hydrogen (secondary N) is 1. The molecule has 0 radical (unpaired) electrons. The molecule has 0 fully saturated rings. The minimum absolute atomic E-state index is 0.0340. The molecule has 0 amide bonds. The van der Waals surface area contributed by atoms with Crippen LogP contribution >= 0.6 is 23.2 Å². The summed E-state index contributed by atoms with van der Waals surface area (Å²) in [5.74, 6) is -0.148. The quantitative estimate of drug-likeness (QED) is 0.633. The predicted octanol–water partition coefficient (Wildman–Crippen LogP) is 4.38. The second-order valence-corrected chi connectivity index (χ2v) is 8.28. The predicted molar refractivity (Wildman–Crippen MR) is 107 cm³/mol. The van der Waals surface area contributed by atoms with Crippen LogP contribution in [0.2, 0.25) is 10.0 Å². The van der Waals surface area contributed by atoms with E-state index < -0.39 is 16.0 Å². The summed E-state index contributed by atoms with van der Waals surface area (Å²) < 4.78 is 43.4. The van der Waals surface area contributed by atoms with Gasteiger partial charge in [0.2, 0.25) is 0 Å². The maximum Gasteiger partial charge on any atom is 0.338 e. The fourth-order valence-corrected chi connectivity index (χ4v) is 4.18. The van der Waals surface area contributed by atoms with Crippen LogP contribution in [-0.4, -0.2) is 34.7 Å². The highest BCUT2D eigenvalue weighted by molar-refractivity contribution is 7.92. The first kappa shape index (κ1) is 22.1. The van der Waals surface area contributed by atoms with Gasteiger partial charge in [0.1, 0.15) is 21.4 Å². The Morgan fingerprint density at radius 1 is 1.00 bits per heavy atom. The molecule has 0 saturated carbocycles. The zero-order valence-electron chi connectivity index (χ0n) is 15.6. The van der Waals surface area contributed by atoms with Crippen LogP contribution < -0.4 is 14.2 Å². The van der Waals surface area contributed by atoms with Gasteiger partial charge < -0.3 is 14.2 Å². The zero-order valence-corrected chi connectivity index (χ0v) is 17.9. The van der Waals surface area contributed by atoms with E-state index in [4.69, 9.17) is 37.4 Å². The molecule has 0 bridgehead atoms. The standard InChI is InChI=1S/C18H19Cl2NO6S/c1-10(2)27-18(22)11-5-6-13(25-3)12(9-11)21-28(23,24)15-8-7-14(26-4)16(19)17(15)20/h5-10,21H,1-4H3. The lowest BCUT2D eigenvalue weighted by molar-refractivity contribution is 0.0378. The van der Waals surface area contributed by atoms with Gasteiger partial charge in [-0.15, -0.1) is 0 Å². The van der Waals surface area contributed by atoms with E-state index in [1.807, 2.05) is 0 Å². The molecular weight excluding hydrogens is 429 g/mol. The average molecular weight is 448 g/mol. The van der Waals surface area contributed by atoms with Crippen molar-refractivity contribution in [3.05, 3.63) is 45.9 Å². The number of carbonyl (C=O) groups is 1. The van der Waals surface area contributed by atoms with Gasteiger partial charge in [0.05, 0.1) is 36.6 Å². The van der Waals surface area contributed by atoms with E-state index >= 15 is 0 Å². The summed E-state index contributed by atoms with van der Waals surface area (Å²) in [6.45, 7) is 3.42. The van der Waals surface area contributed by atoms with Crippen LogP contribution in [0.25, 0.3) is 0 Å². The summed E-state index contributed by atoms with van der Waals surface area (Å²) >= 11 is 12.2. The largest absolute Gasteiger partial charge is 0.495 e. The second-order valence-electron chi connectivity index (χ2n) is 5.87. The molecular formula is C18H19Cl2NO6S. The van der Waals surface area contributed by atoms with Gasteiger partial charge in [-0.05, 0) is 44.2 Å². The fraction of sp³-hybridized carbons (Fsp3) is 0.278. The molecule has 0 aliphatic rings. The molecule has 28 heavy (non-hydrogen) atoms. The number of ether oxygens (including phenoxy) is 3. The van der Waals surface area contributed by atoms with Crippen molar-refractivity contribution in [3.63, 3.8) is 0 Å². The van der Waals surface area contributed by atoms with Crippen molar-refractivity contribution in [2.75, 3.05) is 18.9 Å². The Kier molecular flexibility index (Phi) is 7.03. The molecule has 0 unspecified atom stereocenters. The van der Waals surface area contributed by atoms with Crippen LogP contribution in [0.15, 0.2) is 35.2 Å². The summed E-state index contributed by atoms with van der Waals surface area (Å²) in [6.07, 6.45) is -0.324. The Balaban J connectivity index is 2.46. The van der Waals surface area contributed by atoms with Crippen LogP contribution in [0.1, 0.15) is 24.2 Å². The van der Waals surface area contributed by atoms with Crippen molar-refractivity contribution in [1.82, 2.24) is 0 Å². The monoisotopic (exact) mass is 447 g/mol. The van der Waals surface area contributed by atoms with Gasteiger partial charge in [-0.3, -0.25) is 4.72 Å². The van der Waals surface area contributed by atoms with E-state index in [0.717, 1.165) is 0 Å². The number of carbonyl (C=O) groups excluding carboxylic acids is 1. The highest BCUT2D eigenvalue weighted by Gasteiger charge is 2.24. The number of hydrogen-bond donors (Lipinski definition) is 1. The number of methoxy groups -OCH3 is 2. The van der Waals surface area contributed by atoms with Gasteiger partial charge in [-0.25, -0.2) is 13.2 Å². The summed E-state index contributed by atoms with van der Waals surface area (Å²) in [6, 6.07) is 6.89. The second kappa shape index (κ2) is 8.89. The Morgan fingerprint density at radius 3 is 2.18 bits per heavy atom. The molecule has 2 aromatic rings. The van der Waals surface area contributed by atoms with Crippen LogP contribution in [0.5, 0.6) is 11.5 Å². The Bertz CT molecular complexity index is 992. The normalized spacial score (nSPS) is 11.2. The maximum atomic E-state index is 12.8. The fourth-order valence-electron chi connectivity index (χ4n) is 2.28. The van der Waals surface area contributed by atoms with Gasteiger partial charge >= 0.3 is 5.97 Å². The molecule has 2 aromatic carbocycles. The molecule has 10 heteroatoms. The molecule has 0 aliphatic carbocycles. The molecule has 0 atom stereocenters. The van der Waals surface area contributed by atoms with Crippen molar-refractivity contribution < 1.29 is 27.4 Å². The summed E-state index contributed by atoms with van der Waals surface area (Å²) in [7, 11) is -1.39. The number of benzene rings is 2. The van der Waals surface area contributed by atoms with E-state index in [1.165, 1.54) is 44.6 Å². The summed E-state index contributed by atoms with van der Waals surface area (Å²) in [5, 5.41) is -0.226. The third-order valence-electron chi connectivity index (χ3n) is 3.54. The van der Waals surface area contributed by atoms with Crippen molar-refractivity contribution in [1.29, 1.82) is 0 Å². The number of anilines is 1. The third kappa shape index (κ3) is 4.81. The van der Waals surface area contributed by atoms with Crippen LogP contribution in [-0.2, 0) is 14.8 Å². The molecule has 0 saturated heterocycles. The van der Waals surface area contributed by atoms with Gasteiger partial charge in [-0.1, -0.05) is 23.2 Å². The van der Waals surface area contributed by atoms with Crippen LogP contribution in [0.4, 0.5) is 5.69 Å². The number of rotatable bonds is 7. The van der Waals surface area contributed by atoms with Gasteiger partial charge in [0.25, 0.3) is 10.0 Å². The highest BCUT2D eigenvalue weighted by Crippen LogP contribution is 2.38. The van der Waals surface area contributed by atoms with E-state index in [1.54, 1.807) is 13.8 Å². The lowest BCUT2D eigenvalue weighted by atomic mass is 10.2. The topological polar surface area (TPSA) is 90.9 Å². The smallest absolute Gasteiger partial charge is 0.338 e. The van der Waals surface area contributed by atoms with Gasteiger partial charge in [0, 0.05) is 0 Å². The Hall–Kier alpha value is -2.16. The molecule has 0 heterocycles. The van der Waals surface area contributed by atoms with Gasteiger partial charge in [0.15, 0.2) is 0 Å². The molecule has 0 spiro atoms. The molecule has 0 aromatic heterocycles. The summed E-state index contributed by atoms with van der Waals surface area (Å²) in [4.78, 5) is 11.9. The van der Waals surface area contributed by atoms with Crippen LogP contribution in [0.3, 0.4) is 0 Å². The van der Waals surface area contributed by atoms with E-state index in [2.05, 4.69) is 4.72 Å². The minimum atomic E-state index is -4.14. The third-order valence-corrected chi connectivity index (χ3v) is 5.93. The highest BCUT2D eigenvalue weighted by atomic mass is 35.5. The lowest BCUT2D eigenvalue weighted by Gasteiger charge is -2.15. The van der Waals surface area contributed by atoms with Crippen molar-refractivity contribution in [2.24, 2.45) is 0 Å². The molecule has 2 rings (SSSR count). The molecule has 152 valence electrons. The first-order valence-corrected chi connectivity index (χ1v) is 10.3. The van der Waals surface area contributed by atoms with Gasteiger partial charge in [-0.2, -0.15) is 0 Å². The maximum absolute atomic E-state index is 12.8. The van der Waals surface area contributed by atoms with Crippen molar-refractivity contribution in [2.45, 2.75) is 24.8 Å². The summed E-state index contributed by atoms with van der Waals surface area (Å²) in [5.41, 5.74) is 0.203. The average Bonchev–Trinajstić information content (AvgIpc) is 2.62. The number of esters is 1. The van der Waals surface area contributed by atoms with E-state index in [-0.39, 0.29) is 43.8 Å². The molecule has 0 aliphatic heterocycles. The van der Waals surface area contributed by atoms with E-state index in [9.17, 15) is 13.2 Å². The van der Waals surface area contributed by atoms with Crippen molar-refractivity contribution >= 4 is 44.9 Å². The Labute approximate surface area is 173 Å². The number of sulfonamides is 1. The van der Waals surface area contributed by atoms with Crippen molar-refractivity contribution in [3.8, 4) is 11.5 Å². The van der Waals surface area contributed by atoms with E-state index in [0.29, 0.717) is 0 Å². The first-order chi connectivity index (χ1) is 13.1. The zero-order chi connectivity index (χ0) is 21.1. The molecule has 1 N–H and O–H groups in total. The molecule has 7 nitrogen and oxygen atoms in total.